The summed E-state index contributed by atoms with van der Waals surface area (Å²) in [5.41, 5.74) is 3.81. The van der Waals surface area contributed by atoms with Gasteiger partial charge >= 0.3 is 5.91 Å². The lowest BCUT2D eigenvalue weighted by molar-refractivity contribution is -0.118. The van der Waals surface area contributed by atoms with Crippen LogP contribution in [0.2, 0.25) is 10.0 Å². The molecule has 0 radical (unpaired) electrons. The summed E-state index contributed by atoms with van der Waals surface area (Å²) in [7, 11) is 1.41. The van der Waals surface area contributed by atoms with Gasteiger partial charge in [-0.25, -0.2) is 9.82 Å². The zero-order valence-electron chi connectivity index (χ0n) is 18.7. The number of nitrogens with one attached hydrogen (secondary N) is 2. The van der Waals surface area contributed by atoms with Crippen molar-refractivity contribution >= 4 is 57.9 Å². The quantitative estimate of drug-likeness (QED) is 0.226. The number of carbonyl (C=O) groups excluding carboxylic acids is 2. The lowest BCUT2D eigenvalue weighted by atomic mass is 10.2. The van der Waals surface area contributed by atoms with E-state index in [9.17, 15) is 14.0 Å². The van der Waals surface area contributed by atoms with Gasteiger partial charge in [0.15, 0.2) is 23.9 Å². The van der Waals surface area contributed by atoms with Crippen LogP contribution in [0.1, 0.15) is 16.1 Å². The van der Waals surface area contributed by atoms with Gasteiger partial charge in [-0.3, -0.25) is 9.59 Å². The molecule has 1 aromatic heterocycles. The van der Waals surface area contributed by atoms with Gasteiger partial charge in [-0.05, 0) is 66.2 Å². The molecule has 2 amide bonds. The molecule has 0 bridgehead atoms. The second-order valence-corrected chi connectivity index (χ2v) is 8.21. The maximum Gasteiger partial charge on any atom is 0.307 e. The third kappa shape index (κ3) is 6.12. The van der Waals surface area contributed by atoms with E-state index in [1.165, 1.54) is 43.7 Å². The number of fused-ring (bicyclic) bond motifs is 1. The van der Waals surface area contributed by atoms with Crippen molar-refractivity contribution in [1.29, 1.82) is 0 Å². The van der Waals surface area contributed by atoms with Crippen molar-refractivity contribution in [2.75, 3.05) is 19.0 Å². The monoisotopic (exact) mass is 529 g/mol. The Morgan fingerprint density at radius 2 is 1.86 bits per heavy atom. The van der Waals surface area contributed by atoms with Crippen LogP contribution in [0.5, 0.6) is 11.5 Å². The third-order valence-corrected chi connectivity index (χ3v) is 5.33. The van der Waals surface area contributed by atoms with E-state index < -0.39 is 17.6 Å². The van der Waals surface area contributed by atoms with E-state index in [4.69, 9.17) is 37.1 Å². The Morgan fingerprint density at radius 3 is 2.61 bits per heavy atom. The highest BCUT2D eigenvalue weighted by Gasteiger charge is 2.15. The van der Waals surface area contributed by atoms with Crippen LogP contribution in [0.3, 0.4) is 0 Å². The van der Waals surface area contributed by atoms with Crippen molar-refractivity contribution in [3.63, 3.8) is 0 Å². The third-order valence-electron chi connectivity index (χ3n) is 4.81. The van der Waals surface area contributed by atoms with E-state index >= 15 is 0 Å². The molecule has 1 heterocycles. The normalized spacial score (nSPS) is 11.0. The molecule has 36 heavy (non-hydrogen) atoms. The Labute approximate surface area is 214 Å². The SMILES string of the molecule is COc1cc(/C=N/NC(=O)c2cc3cc(Cl)ccc3o2)cc(Cl)c1OCC(=O)Nc1ccc(F)cc1. The van der Waals surface area contributed by atoms with E-state index in [2.05, 4.69) is 15.8 Å². The molecule has 0 aliphatic rings. The minimum absolute atomic E-state index is 0.0719. The highest BCUT2D eigenvalue weighted by atomic mass is 35.5. The average molecular weight is 530 g/mol. The minimum Gasteiger partial charge on any atom is -0.493 e. The largest absolute Gasteiger partial charge is 0.493 e. The summed E-state index contributed by atoms with van der Waals surface area (Å²) in [5.74, 6) is -0.967. The molecule has 2 N–H and O–H groups in total. The number of ether oxygens (including phenoxy) is 2. The Kier molecular flexibility index (Phi) is 7.72. The molecular formula is C25H18Cl2FN3O5. The number of amides is 2. The first-order valence-electron chi connectivity index (χ1n) is 10.4. The van der Waals surface area contributed by atoms with Crippen LogP contribution in [0.15, 0.2) is 70.2 Å². The van der Waals surface area contributed by atoms with Crippen LogP contribution in [0.4, 0.5) is 10.1 Å². The second kappa shape index (κ2) is 11.1. The van der Waals surface area contributed by atoms with E-state index in [1.54, 1.807) is 30.3 Å². The van der Waals surface area contributed by atoms with Gasteiger partial charge < -0.3 is 19.2 Å². The van der Waals surface area contributed by atoms with Crippen molar-refractivity contribution in [2.24, 2.45) is 5.10 Å². The summed E-state index contributed by atoms with van der Waals surface area (Å²) in [4.78, 5) is 24.5. The van der Waals surface area contributed by atoms with Crippen LogP contribution in [0.25, 0.3) is 11.0 Å². The first-order chi connectivity index (χ1) is 17.3. The van der Waals surface area contributed by atoms with Crippen molar-refractivity contribution in [1.82, 2.24) is 5.43 Å². The summed E-state index contributed by atoms with van der Waals surface area (Å²) in [6.07, 6.45) is 1.36. The fourth-order valence-corrected chi connectivity index (χ4v) is 3.62. The molecule has 4 aromatic rings. The molecule has 0 atom stereocenters. The van der Waals surface area contributed by atoms with Crippen LogP contribution in [-0.2, 0) is 4.79 Å². The molecule has 0 spiro atoms. The molecule has 0 unspecified atom stereocenters. The second-order valence-electron chi connectivity index (χ2n) is 7.37. The summed E-state index contributed by atoms with van der Waals surface area (Å²) in [5, 5.41) is 7.88. The molecule has 0 saturated carbocycles. The molecule has 0 aliphatic heterocycles. The van der Waals surface area contributed by atoms with Gasteiger partial charge in [0.05, 0.1) is 18.3 Å². The van der Waals surface area contributed by atoms with Gasteiger partial charge in [0.1, 0.15) is 11.4 Å². The number of nitrogens with zero attached hydrogens (tertiary/aromatic N) is 1. The fourth-order valence-electron chi connectivity index (χ4n) is 3.17. The van der Waals surface area contributed by atoms with Gasteiger partial charge in [0.2, 0.25) is 0 Å². The van der Waals surface area contributed by atoms with Crippen molar-refractivity contribution in [3.8, 4) is 11.5 Å². The number of benzene rings is 3. The first-order valence-corrected chi connectivity index (χ1v) is 11.2. The zero-order valence-corrected chi connectivity index (χ0v) is 20.2. The van der Waals surface area contributed by atoms with Gasteiger partial charge in [-0.15, -0.1) is 0 Å². The number of hydrazone groups is 1. The number of hydrogen-bond donors (Lipinski definition) is 2. The zero-order chi connectivity index (χ0) is 25.7. The van der Waals surface area contributed by atoms with Gasteiger partial charge in [-0.2, -0.15) is 5.10 Å². The first kappa shape index (κ1) is 25.0. The molecule has 0 saturated heterocycles. The number of furan rings is 1. The number of carbonyl (C=O) groups is 2. The number of halogens is 3. The predicted molar refractivity (Wildman–Crippen MR) is 135 cm³/mol. The van der Waals surface area contributed by atoms with Crippen LogP contribution < -0.4 is 20.2 Å². The van der Waals surface area contributed by atoms with Crippen molar-refractivity contribution in [2.45, 2.75) is 0 Å². The molecular weight excluding hydrogens is 512 g/mol. The summed E-state index contributed by atoms with van der Waals surface area (Å²) < 4.78 is 29.3. The Hall–Kier alpha value is -4.08. The molecule has 0 aliphatic carbocycles. The van der Waals surface area contributed by atoms with E-state index in [0.717, 1.165) is 0 Å². The molecule has 0 fully saturated rings. The number of anilines is 1. The Bertz CT molecular complexity index is 1450. The van der Waals surface area contributed by atoms with Crippen molar-refractivity contribution < 1.29 is 27.9 Å². The molecule has 4 rings (SSSR count). The van der Waals surface area contributed by atoms with Gasteiger partial charge in [0, 0.05) is 16.1 Å². The fraction of sp³-hybridized carbons (Fsp3) is 0.0800. The smallest absolute Gasteiger partial charge is 0.307 e. The average Bonchev–Trinajstić information content (AvgIpc) is 3.28. The number of rotatable bonds is 8. The van der Waals surface area contributed by atoms with Crippen LogP contribution in [-0.4, -0.2) is 31.7 Å². The standard InChI is InChI=1S/C25H18Cl2FN3O5/c1-34-21-9-14(12-29-31-25(33)22-11-15-10-16(26)2-7-20(15)36-22)8-19(27)24(21)35-13-23(32)30-18-5-3-17(28)4-6-18/h2-12H,13H2,1H3,(H,30,32)(H,31,33)/b29-12+. The topological polar surface area (TPSA) is 102 Å². The number of methoxy groups -OCH3 is 1. The summed E-state index contributed by atoms with van der Waals surface area (Å²) in [6.45, 7) is -0.361. The van der Waals surface area contributed by atoms with E-state index in [-0.39, 0.29) is 28.9 Å². The van der Waals surface area contributed by atoms with Crippen molar-refractivity contribution in [3.05, 3.63) is 87.8 Å². The lowest BCUT2D eigenvalue weighted by Crippen LogP contribution is -2.20. The Morgan fingerprint density at radius 1 is 1.08 bits per heavy atom. The maximum absolute atomic E-state index is 13.0. The maximum atomic E-state index is 13.0. The highest BCUT2D eigenvalue weighted by Crippen LogP contribution is 2.36. The van der Waals surface area contributed by atoms with Crippen LogP contribution >= 0.6 is 23.2 Å². The molecule has 184 valence electrons. The lowest BCUT2D eigenvalue weighted by Gasteiger charge is -2.13. The Balaban J connectivity index is 1.38. The van der Waals surface area contributed by atoms with Gasteiger partial charge in [0.25, 0.3) is 5.91 Å². The van der Waals surface area contributed by atoms with Gasteiger partial charge in [-0.1, -0.05) is 23.2 Å². The molecule has 8 nitrogen and oxygen atoms in total. The summed E-state index contributed by atoms with van der Waals surface area (Å²) >= 11 is 12.3. The predicted octanol–water partition coefficient (Wildman–Crippen LogP) is 5.67. The minimum atomic E-state index is -0.552. The van der Waals surface area contributed by atoms with E-state index in [0.29, 0.717) is 27.2 Å². The van der Waals surface area contributed by atoms with Crippen LogP contribution in [0, 0.1) is 5.82 Å². The van der Waals surface area contributed by atoms with E-state index in [1.807, 2.05) is 0 Å². The number of hydrogen-bond acceptors (Lipinski definition) is 6. The molecule has 11 heteroatoms. The summed E-state index contributed by atoms with van der Waals surface area (Å²) in [6, 6.07) is 15.0. The highest BCUT2D eigenvalue weighted by molar-refractivity contribution is 6.32. The molecule has 3 aromatic carbocycles.